The van der Waals surface area contributed by atoms with E-state index >= 15 is 0 Å². The molecule has 2 heteroatoms. The molecule has 2 aliphatic carbocycles. The van der Waals surface area contributed by atoms with Gasteiger partial charge in [0.05, 0.1) is 19.3 Å². The van der Waals surface area contributed by atoms with Gasteiger partial charge in [-0.2, -0.15) is 0 Å². The van der Waals surface area contributed by atoms with Gasteiger partial charge in [0.25, 0.3) is 0 Å². The van der Waals surface area contributed by atoms with Crippen LogP contribution in [0.1, 0.15) is 12.8 Å². The summed E-state index contributed by atoms with van der Waals surface area (Å²) in [6, 6.07) is 0.464. The molecule has 0 N–H and O–H groups in total. The van der Waals surface area contributed by atoms with Gasteiger partial charge in [-0.25, -0.2) is 0 Å². The third kappa shape index (κ3) is 0.729. The van der Waals surface area contributed by atoms with E-state index in [1.54, 1.807) is 0 Å². The van der Waals surface area contributed by atoms with E-state index in [1.165, 1.54) is 12.8 Å². The van der Waals surface area contributed by atoms with E-state index in [0.717, 1.165) is 13.2 Å². The zero-order valence-electron chi connectivity index (χ0n) is 8.73. The van der Waals surface area contributed by atoms with E-state index in [4.69, 9.17) is 9.73 Å². The van der Waals surface area contributed by atoms with Crippen LogP contribution in [0.15, 0.2) is 29.3 Å². The molecule has 5 aliphatic rings. The van der Waals surface area contributed by atoms with Crippen molar-refractivity contribution >= 4 is 6.21 Å². The summed E-state index contributed by atoms with van der Waals surface area (Å²) in [6.07, 6.45) is 13.9. The summed E-state index contributed by atoms with van der Waals surface area (Å²) in [5, 5.41) is 0. The van der Waals surface area contributed by atoms with Crippen molar-refractivity contribution in [1.29, 1.82) is 0 Å². The molecule has 78 valence electrons. The van der Waals surface area contributed by atoms with Crippen LogP contribution >= 0.6 is 0 Å². The van der Waals surface area contributed by atoms with Crippen molar-refractivity contribution in [1.82, 2.24) is 0 Å². The van der Waals surface area contributed by atoms with Crippen molar-refractivity contribution < 1.29 is 4.74 Å². The van der Waals surface area contributed by atoms with Crippen molar-refractivity contribution in [3.05, 3.63) is 24.3 Å². The molecular weight excluding hydrogens is 186 g/mol. The Labute approximate surface area is 89.7 Å². The summed E-state index contributed by atoms with van der Waals surface area (Å²) in [7, 11) is 0. The predicted molar refractivity (Wildman–Crippen MR) is 59.0 cm³/mol. The van der Waals surface area contributed by atoms with E-state index in [9.17, 15) is 0 Å². The average molecular weight is 201 g/mol. The van der Waals surface area contributed by atoms with E-state index in [2.05, 4.69) is 30.5 Å². The molecule has 1 saturated heterocycles. The number of fused-ring (bicyclic) bond motifs is 1. The minimum atomic E-state index is 0.194. The third-order valence-electron chi connectivity index (χ3n) is 4.90. The lowest BCUT2D eigenvalue weighted by molar-refractivity contribution is 0.0610. The maximum absolute atomic E-state index is 5.82. The second kappa shape index (κ2) is 2.43. The molecule has 0 spiro atoms. The molecule has 1 saturated carbocycles. The first kappa shape index (κ1) is 8.28. The number of allylic oxidation sites excluding steroid dienone is 2. The first-order valence-corrected chi connectivity index (χ1v) is 5.86. The zero-order chi connectivity index (χ0) is 9.93. The predicted octanol–water partition coefficient (Wildman–Crippen LogP) is 1.98. The SMILES string of the molecule is C1=CC23COC[C@]2(C=C1)[C@@H]1CCC3C=N1. The molecule has 3 heterocycles. The number of ether oxygens (including phenoxy) is 1. The van der Waals surface area contributed by atoms with Gasteiger partial charge >= 0.3 is 0 Å². The van der Waals surface area contributed by atoms with Gasteiger partial charge in [-0.15, -0.1) is 0 Å². The minimum Gasteiger partial charge on any atom is -0.379 e. The molecule has 0 aromatic rings. The van der Waals surface area contributed by atoms with Crippen LogP contribution in [0, 0.1) is 16.7 Å². The monoisotopic (exact) mass is 201 g/mol. The molecule has 2 bridgehead atoms. The number of rotatable bonds is 0. The highest BCUT2D eigenvalue weighted by molar-refractivity contribution is 5.68. The molecule has 15 heavy (non-hydrogen) atoms. The quantitative estimate of drug-likeness (QED) is 0.587. The fourth-order valence-electron chi connectivity index (χ4n) is 4.09. The molecule has 4 atom stereocenters. The van der Waals surface area contributed by atoms with Crippen LogP contribution < -0.4 is 0 Å². The van der Waals surface area contributed by atoms with Gasteiger partial charge in [-0.3, -0.25) is 4.99 Å². The molecule has 0 radical (unpaired) electrons. The Balaban J connectivity index is 1.99. The van der Waals surface area contributed by atoms with Crippen LogP contribution in [0.4, 0.5) is 0 Å². The Morgan fingerprint density at radius 1 is 1.07 bits per heavy atom. The number of aliphatic imine (C=N–C) groups is 1. The first-order valence-electron chi connectivity index (χ1n) is 5.86. The minimum absolute atomic E-state index is 0.194. The van der Waals surface area contributed by atoms with Gasteiger partial charge in [-0.1, -0.05) is 24.3 Å². The zero-order valence-corrected chi connectivity index (χ0v) is 8.73. The molecule has 0 amide bonds. The standard InChI is InChI=1S/C13H15NO/c1-2-6-13-9-15-8-12(13,5-1)10-3-4-11(13)14-7-10/h1-2,5-7,10-11H,3-4,8-9H2/t10?,11-,12?,13+/m0/s1. The van der Waals surface area contributed by atoms with E-state index in [1.807, 2.05) is 0 Å². The van der Waals surface area contributed by atoms with Crippen LogP contribution in [0.2, 0.25) is 0 Å². The summed E-state index contributed by atoms with van der Waals surface area (Å²) < 4.78 is 5.82. The largest absolute Gasteiger partial charge is 0.379 e. The first-order chi connectivity index (χ1) is 7.37. The molecule has 5 rings (SSSR count). The van der Waals surface area contributed by atoms with E-state index < -0.39 is 0 Å². The number of hydrogen-bond acceptors (Lipinski definition) is 2. The number of hydrogen-bond donors (Lipinski definition) is 0. The highest BCUT2D eigenvalue weighted by Gasteiger charge is 2.64. The lowest BCUT2D eigenvalue weighted by atomic mass is 9.49. The fraction of sp³-hybridized carbons (Fsp3) is 0.615. The van der Waals surface area contributed by atoms with Gasteiger partial charge in [0.1, 0.15) is 0 Å². The average Bonchev–Trinajstić information content (AvgIpc) is 2.73. The lowest BCUT2D eigenvalue weighted by Gasteiger charge is -2.55. The van der Waals surface area contributed by atoms with Crippen molar-refractivity contribution in [3.63, 3.8) is 0 Å². The summed E-state index contributed by atoms with van der Waals surface area (Å²) in [6.45, 7) is 1.76. The van der Waals surface area contributed by atoms with Crippen LogP contribution in [0.25, 0.3) is 0 Å². The van der Waals surface area contributed by atoms with Crippen LogP contribution in [0.3, 0.4) is 0 Å². The van der Waals surface area contributed by atoms with Crippen LogP contribution in [0.5, 0.6) is 0 Å². The normalized spacial score (nSPS) is 54.4. The molecular formula is C13H15NO. The highest BCUT2D eigenvalue weighted by Crippen LogP contribution is 2.62. The summed E-state index contributed by atoms with van der Waals surface area (Å²) in [4.78, 5) is 4.72. The van der Waals surface area contributed by atoms with Crippen LogP contribution in [-0.2, 0) is 4.74 Å². The van der Waals surface area contributed by atoms with Gasteiger partial charge in [0, 0.05) is 23.0 Å². The Bertz CT molecular complexity index is 361. The van der Waals surface area contributed by atoms with Crippen molar-refractivity contribution in [2.75, 3.05) is 13.2 Å². The molecule has 0 aromatic heterocycles. The Kier molecular flexibility index (Phi) is 1.34. The molecule has 2 nitrogen and oxygen atoms in total. The van der Waals surface area contributed by atoms with Gasteiger partial charge in [0.2, 0.25) is 0 Å². The van der Waals surface area contributed by atoms with Gasteiger partial charge < -0.3 is 4.74 Å². The second-order valence-corrected chi connectivity index (χ2v) is 5.29. The maximum Gasteiger partial charge on any atom is 0.0618 e. The molecule has 3 aliphatic heterocycles. The lowest BCUT2D eigenvalue weighted by Crippen LogP contribution is -2.58. The number of nitrogens with zero attached hydrogens (tertiary/aromatic N) is 1. The molecule has 2 fully saturated rings. The summed E-state index contributed by atoms with van der Waals surface area (Å²) in [5.41, 5.74) is 0.436. The van der Waals surface area contributed by atoms with Crippen molar-refractivity contribution in [3.8, 4) is 0 Å². The maximum atomic E-state index is 5.82. The molecule has 2 unspecified atom stereocenters. The Hall–Kier alpha value is -0.890. The van der Waals surface area contributed by atoms with E-state index in [-0.39, 0.29) is 10.8 Å². The third-order valence-corrected chi connectivity index (χ3v) is 4.90. The van der Waals surface area contributed by atoms with Crippen LogP contribution in [-0.4, -0.2) is 25.5 Å². The Morgan fingerprint density at radius 2 is 1.87 bits per heavy atom. The second-order valence-electron chi connectivity index (χ2n) is 5.29. The van der Waals surface area contributed by atoms with Gasteiger partial charge in [-0.05, 0) is 12.8 Å². The smallest absolute Gasteiger partial charge is 0.0618 e. The highest BCUT2D eigenvalue weighted by atomic mass is 16.5. The van der Waals surface area contributed by atoms with E-state index in [0.29, 0.717) is 12.0 Å². The van der Waals surface area contributed by atoms with Crippen molar-refractivity contribution in [2.24, 2.45) is 21.7 Å². The molecule has 0 aromatic carbocycles. The van der Waals surface area contributed by atoms with Gasteiger partial charge in [0.15, 0.2) is 0 Å². The fourth-order valence-corrected chi connectivity index (χ4v) is 4.09. The topological polar surface area (TPSA) is 21.6 Å². The van der Waals surface area contributed by atoms with Crippen molar-refractivity contribution in [2.45, 2.75) is 18.9 Å². The summed E-state index contributed by atoms with van der Waals surface area (Å²) >= 11 is 0. The summed E-state index contributed by atoms with van der Waals surface area (Å²) in [5.74, 6) is 0.603. The Morgan fingerprint density at radius 3 is 2.60 bits per heavy atom.